The molecule has 1 heterocycles. The van der Waals surface area contributed by atoms with Crippen LogP contribution in [0.1, 0.15) is 11.1 Å². The van der Waals surface area contributed by atoms with Gasteiger partial charge in [-0.05, 0) is 35.9 Å². The first-order valence-electron chi connectivity index (χ1n) is 7.07. The Hall–Kier alpha value is -2.69. The predicted molar refractivity (Wildman–Crippen MR) is 85.6 cm³/mol. The van der Waals surface area contributed by atoms with E-state index in [1.807, 2.05) is 36.4 Å². The van der Waals surface area contributed by atoms with Gasteiger partial charge in [0, 0.05) is 29.5 Å². The van der Waals surface area contributed by atoms with Crippen LogP contribution in [0.2, 0.25) is 0 Å². The average Bonchev–Trinajstić information content (AvgIpc) is 2.91. The van der Waals surface area contributed by atoms with Crippen LogP contribution in [0.5, 0.6) is 11.5 Å². The summed E-state index contributed by atoms with van der Waals surface area (Å²) in [5, 5.41) is 6.19. The third kappa shape index (κ3) is 2.83. The molecule has 0 fully saturated rings. The van der Waals surface area contributed by atoms with Gasteiger partial charge in [0.25, 0.3) is 0 Å². The number of carbonyl (C=O) groups excluding carboxylic acids is 1. The van der Waals surface area contributed by atoms with Crippen molar-refractivity contribution in [3.8, 4) is 11.5 Å². The molecule has 1 aliphatic rings. The molecule has 0 unspecified atom stereocenters. The number of hydrogen-bond acceptors (Lipinski definition) is 4. The monoisotopic (exact) mass is 298 g/mol. The summed E-state index contributed by atoms with van der Waals surface area (Å²) in [7, 11) is 3.28. The molecule has 0 spiro atoms. The summed E-state index contributed by atoms with van der Waals surface area (Å²) in [5.41, 5.74) is 3.94. The number of rotatable bonds is 5. The molecular weight excluding hydrogens is 280 g/mol. The third-order valence-corrected chi connectivity index (χ3v) is 3.71. The molecule has 2 aromatic rings. The number of amides is 1. The van der Waals surface area contributed by atoms with Gasteiger partial charge in [-0.3, -0.25) is 4.79 Å². The van der Waals surface area contributed by atoms with Crippen LogP contribution in [0, 0.1) is 0 Å². The van der Waals surface area contributed by atoms with Gasteiger partial charge in [0.2, 0.25) is 5.91 Å². The van der Waals surface area contributed by atoms with Gasteiger partial charge in [0.15, 0.2) is 0 Å². The van der Waals surface area contributed by atoms with E-state index in [1.165, 1.54) is 0 Å². The maximum atomic E-state index is 11.4. The summed E-state index contributed by atoms with van der Waals surface area (Å²) in [6, 6.07) is 11.6. The number of methoxy groups -OCH3 is 2. The minimum absolute atomic E-state index is 0.0453. The SMILES string of the molecule is COc1ccc(CNc2ccc3c(c2)CC(=O)N3)c(OC)c1. The van der Waals surface area contributed by atoms with Crippen molar-refractivity contribution in [3.63, 3.8) is 0 Å². The first kappa shape index (κ1) is 14.3. The molecule has 3 rings (SSSR count). The molecule has 5 nitrogen and oxygen atoms in total. The lowest BCUT2D eigenvalue weighted by Gasteiger charge is -2.12. The minimum atomic E-state index is 0.0453. The second kappa shape index (κ2) is 5.97. The van der Waals surface area contributed by atoms with Gasteiger partial charge >= 0.3 is 0 Å². The number of carbonyl (C=O) groups is 1. The van der Waals surface area contributed by atoms with Crippen LogP contribution in [0.4, 0.5) is 11.4 Å². The zero-order valence-corrected chi connectivity index (χ0v) is 12.6. The maximum Gasteiger partial charge on any atom is 0.228 e. The van der Waals surface area contributed by atoms with Gasteiger partial charge in [-0.1, -0.05) is 0 Å². The minimum Gasteiger partial charge on any atom is -0.497 e. The first-order valence-corrected chi connectivity index (χ1v) is 7.07. The highest BCUT2D eigenvalue weighted by molar-refractivity contribution is 5.99. The molecule has 114 valence electrons. The fourth-order valence-electron chi connectivity index (χ4n) is 2.53. The third-order valence-electron chi connectivity index (χ3n) is 3.71. The molecule has 0 radical (unpaired) electrons. The van der Waals surface area contributed by atoms with E-state index in [9.17, 15) is 4.79 Å². The normalized spacial score (nSPS) is 12.5. The van der Waals surface area contributed by atoms with Crippen molar-refractivity contribution in [2.24, 2.45) is 0 Å². The Labute approximate surface area is 129 Å². The van der Waals surface area contributed by atoms with Gasteiger partial charge < -0.3 is 20.1 Å². The average molecular weight is 298 g/mol. The van der Waals surface area contributed by atoms with E-state index in [4.69, 9.17) is 9.47 Å². The number of anilines is 2. The Balaban J connectivity index is 1.73. The van der Waals surface area contributed by atoms with E-state index in [2.05, 4.69) is 10.6 Å². The molecule has 1 aliphatic heterocycles. The van der Waals surface area contributed by atoms with Gasteiger partial charge in [-0.2, -0.15) is 0 Å². The lowest BCUT2D eigenvalue weighted by atomic mass is 10.1. The number of nitrogens with one attached hydrogen (secondary N) is 2. The molecule has 0 aromatic heterocycles. The zero-order valence-electron chi connectivity index (χ0n) is 12.6. The molecule has 2 N–H and O–H groups in total. The van der Waals surface area contributed by atoms with Crippen molar-refractivity contribution in [1.82, 2.24) is 0 Å². The molecule has 2 aromatic carbocycles. The van der Waals surface area contributed by atoms with Crippen molar-refractivity contribution in [2.75, 3.05) is 24.9 Å². The van der Waals surface area contributed by atoms with Crippen LogP contribution in [0.15, 0.2) is 36.4 Å². The Morgan fingerprint density at radius 2 is 2.00 bits per heavy atom. The summed E-state index contributed by atoms with van der Waals surface area (Å²) >= 11 is 0. The summed E-state index contributed by atoms with van der Waals surface area (Å²) in [6.07, 6.45) is 0.441. The largest absolute Gasteiger partial charge is 0.497 e. The molecule has 0 aliphatic carbocycles. The molecule has 5 heteroatoms. The van der Waals surface area contributed by atoms with E-state index >= 15 is 0 Å². The van der Waals surface area contributed by atoms with Crippen molar-refractivity contribution in [1.29, 1.82) is 0 Å². The standard InChI is InChI=1S/C17H18N2O3/c1-21-14-5-3-11(16(9-14)22-2)10-18-13-4-6-15-12(7-13)8-17(20)19-15/h3-7,9,18H,8,10H2,1-2H3,(H,19,20). The van der Waals surface area contributed by atoms with Crippen LogP contribution >= 0.6 is 0 Å². The van der Waals surface area contributed by atoms with Gasteiger partial charge in [0.05, 0.1) is 20.6 Å². The maximum absolute atomic E-state index is 11.4. The Morgan fingerprint density at radius 1 is 1.14 bits per heavy atom. The van der Waals surface area contributed by atoms with Crippen LogP contribution < -0.4 is 20.1 Å². The Bertz CT molecular complexity index is 713. The topological polar surface area (TPSA) is 59.6 Å². The molecule has 0 saturated carbocycles. The first-order chi connectivity index (χ1) is 10.7. The van der Waals surface area contributed by atoms with E-state index in [0.717, 1.165) is 34.0 Å². The lowest BCUT2D eigenvalue weighted by molar-refractivity contribution is -0.115. The number of fused-ring (bicyclic) bond motifs is 1. The van der Waals surface area contributed by atoms with E-state index in [-0.39, 0.29) is 5.91 Å². The Kier molecular flexibility index (Phi) is 3.87. The molecular formula is C17H18N2O3. The lowest BCUT2D eigenvalue weighted by Crippen LogP contribution is -2.03. The van der Waals surface area contributed by atoms with Crippen molar-refractivity contribution in [3.05, 3.63) is 47.5 Å². The molecule has 0 bridgehead atoms. The molecule has 0 atom stereocenters. The number of benzene rings is 2. The van der Waals surface area contributed by atoms with E-state index in [0.29, 0.717) is 13.0 Å². The smallest absolute Gasteiger partial charge is 0.228 e. The highest BCUT2D eigenvalue weighted by atomic mass is 16.5. The second-order valence-electron chi connectivity index (χ2n) is 5.13. The summed E-state index contributed by atoms with van der Waals surface area (Å²) < 4.78 is 10.6. The Morgan fingerprint density at radius 3 is 2.77 bits per heavy atom. The van der Waals surface area contributed by atoms with E-state index < -0.39 is 0 Å². The molecule has 22 heavy (non-hydrogen) atoms. The summed E-state index contributed by atoms with van der Waals surface area (Å²) in [6.45, 7) is 0.632. The number of hydrogen-bond donors (Lipinski definition) is 2. The van der Waals surface area contributed by atoms with Crippen molar-refractivity contribution < 1.29 is 14.3 Å². The van der Waals surface area contributed by atoms with Crippen LogP contribution in [0.3, 0.4) is 0 Å². The molecule has 0 saturated heterocycles. The zero-order chi connectivity index (χ0) is 15.5. The van der Waals surface area contributed by atoms with Gasteiger partial charge in [-0.25, -0.2) is 0 Å². The van der Waals surface area contributed by atoms with Gasteiger partial charge in [-0.15, -0.1) is 0 Å². The van der Waals surface area contributed by atoms with Crippen LogP contribution in [-0.2, 0) is 17.8 Å². The highest BCUT2D eigenvalue weighted by Gasteiger charge is 2.17. The van der Waals surface area contributed by atoms with Crippen molar-refractivity contribution in [2.45, 2.75) is 13.0 Å². The van der Waals surface area contributed by atoms with Crippen LogP contribution in [0.25, 0.3) is 0 Å². The second-order valence-corrected chi connectivity index (χ2v) is 5.13. The van der Waals surface area contributed by atoms with E-state index in [1.54, 1.807) is 14.2 Å². The summed E-state index contributed by atoms with van der Waals surface area (Å²) in [5.74, 6) is 1.59. The highest BCUT2D eigenvalue weighted by Crippen LogP contribution is 2.28. The number of ether oxygens (including phenoxy) is 2. The van der Waals surface area contributed by atoms with Gasteiger partial charge in [0.1, 0.15) is 11.5 Å². The molecule has 1 amide bonds. The predicted octanol–water partition coefficient (Wildman–Crippen LogP) is 2.81. The van der Waals surface area contributed by atoms with Crippen molar-refractivity contribution >= 4 is 17.3 Å². The fourth-order valence-corrected chi connectivity index (χ4v) is 2.53. The van der Waals surface area contributed by atoms with Crippen LogP contribution in [-0.4, -0.2) is 20.1 Å². The quantitative estimate of drug-likeness (QED) is 0.891. The summed E-state index contributed by atoms with van der Waals surface area (Å²) in [4.78, 5) is 11.4. The fraction of sp³-hybridized carbons (Fsp3) is 0.235.